The highest BCUT2D eigenvalue weighted by atomic mass is 35.5. The predicted molar refractivity (Wildman–Crippen MR) is 102 cm³/mol. The van der Waals surface area contributed by atoms with Gasteiger partial charge in [0.25, 0.3) is 0 Å². The second-order valence-corrected chi connectivity index (χ2v) is 6.17. The first-order chi connectivity index (χ1) is 11.6. The van der Waals surface area contributed by atoms with E-state index in [9.17, 15) is 9.90 Å². The number of carbonyl (C=O) groups is 1. The van der Waals surface area contributed by atoms with Crippen LogP contribution in [0, 0.1) is 0 Å². The number of benzene rings is 2. The molecular formula is C20H22ClNO3. The van der Waals surface area contributed by atoms with Crippen LogP contribution in [0.25, 0.3) is 5.57 Å². The SMILES string of the molecule is CN(C)CCC=C1c2ccccc2COc2ccc(C(=O)O)cc21.Cl. The lowest BCUT2D eigenvalue weighted by Gasteiger charge is -2.13. The molecule has 5 heteroatoms. The Morgan fingerprint density at radius 3 is 2.68 bits per heavy atom. The minimum atomic E-state index is -0.928. The average Bonchev–Trinajstić information content (AvgIpc) is 2.71. The zero-order chi connectivity index (χ0) is 17.1. The molecule has 2 aromatic carbocycles. The summed E-state index contributed by atoms with van der Waals surface area (Å²) in [6.45, 7) is 1.42. The van der Waals surface area contributed by atoms with E-state index in [1.54, 1.807) is 18.2 Å². The van der Waals surface area contributed by atoms with Gasteiger partial charge in [0.15, 0.2) is 0 Å². The van der Waals surface area contributed by atoms with Gasteiger partial charge in [0, 0.05) is 12.1 Å². The van der Waals surface area contributed by atoms with Crippen LogP contribution < -0.4 is 4.74 Å². The number of hydrogen-bond acceptors (Lipinski definition) is 3. The normalized spacial score (nSPS) is 14.1. The summed E-state index contributed by atoms with van der Waals surface area (Å²) in [7, 11) is 4.08. The van der Waals surface area contributed by atoms with Gasteiger partial charge in [0.05, 0.1) is 5.56 Å². The van der Waals surface area contributed by atoms with Crippen LogP contribution in [0.4, 0.5) is 0 Å². The highest BCUT2D eigenvalue weighted by Gasteiger charge is 2.20. The smallest absolute Gasteiger partial charge is 0.335 e. The second-order valence-electron chi connectivity index (χ2n) is 6.17. The molecule has 0 aliphatic carbocycles. The van der Waals surface area contributed by atoms with Gasteiger partial charge in [-0.05, 0) is 55.4 Å². The van der Waals surface area contributed by atoms with Crippen molar-refractivity contribution in [3.05, 3.63) is 70.8 Å². The van der Waals surface area contributed by atoms with Crippen LogP contribution in [0.5, 0.6) is 5.75 Å². The van der Waals surface area contributed by atoms with E-state index in [4.69, 9.17) is 4.74 Å². The van der Waals surface area contributed by atoms with E-state index >= 15 is 0 Å². The summed E-state index contributed by atoms with van der Waals surface area (Å²) in [5.41, 5.74) is 4.39. The number of aromatic carboxylic acids is 1. The first-order valence-electron chi connectivity index (χ1n) is 8.00. The first-order valence-corrected chi connectivity index (χ1v) is 8.00. The van der Waals surface area contributed by atoms with Crippen molar-refractivity contribution in [2.24, 2.45) is 0 Å². The lowest BCUT2D eigenvalue weighted by molar-refractivity contribution is 0.0697. The number of ether oxygens (including phenoxy) is 1. The summed E-state index contributed by atoms with van der Waals surface area (Å²) >= 11 is 0. The molecular weight excluding hydrogens is 338 g/mol. The second kappa shape index (κ2) is 8.19. The van der Waals surface area contributed by atoms with E-state index < -0.39 is 5.97 Å². The fourth-order valence-corrected chi connectivity index (χ4v) is 2.90. The average molecular weight is 360 g/mol. The molecule has 0 fully saturated rings. The number of nitrogens with zero attached hydrogens (tertiary/aromatic N) is 1. The van der Waals surface area contributed by atoms with Gasteiger partial charge in [0.1, 0.15) is 12.4 Å². The van der Waals surface area contributed by atoms with Gasteiger partial charge in [0.2, 0.25) is 0 Å². The Balaban J connectivity index is 0.00000225. The Morgan fingerprint density at radius 2 is 1.96 bits per heavy atom. The number of carboxylic acid groups (broad SMARTS) is 1. The molecule has 132 valence electrons. The quantitative estimate of drug-likeness (QED) is 0.893. The van der Waals surface area contributed by atoms with E-state index in [1.807, 2.05) is 26.2 Å². The summed E-state index contributed by atoms with van der Waals surface area (Å²) in [4.78, 5) is 13.5. The molecule has 2 aromatic rings. The molecule has 1 aliphatic rings. The lowest BCUT2D eigenvalue weighted by Crippen LogP contribution is -2.12. The van der Waals surface area contributed by atoms with Crippen molar-refractivity contribution >= 4 is 23.9 Å². The third-order valence-corrected chi connectivity index (χ3v) is 4.13. The van der Waals surface area contributed by atoms with Crippen molar-refractivity contribution in [3.63, 3.8) is 0 Å². The van der Waals surface area contributed by atoms with Crippen LogP contribution in [0.15, 0.2) is 48.5 Å². The van der Waals surface area contributed by atoms with Gasteiger partial charge in [-0.25, -0.2) is 4.79 Å². The molecule has 1 heterocycles. The molecule has 0 bridgehead atoms. The third-order valence-electron chi connectivity index (χ3n) is 4.13. The summed E-state index contributed by atoms with van der Waals surface area (Å²) < 4.78 is 5.92. The molecule has 0 saturated carbocycles. The van der Waals surface area contributed by atoms with E-state index in [2.05, 4.69) is 23.1 Å². The van der Waals surface area contributed by atoms with Gasteiger partial charge in [-0.1, -0.05) is 30.3 Å². The van der Waals surface area contributed by atoms with Gasteiger partial charge in [-0.15, -0.1) is 12.4 Å². The zero-order valence-electron chi connectivity index (χ0n) is 14.4. The van der Waals surface area contributed by atoms with Crippen LogP contribution in [0.2, 0.25) is 0 Å². The first kappa shape index (κ1) is 19.0. The Labute approximate surface area is 154 Å². The van der Waals surface area contributed by atoms with Crippen LogP contribution in [0.3, 0.4) is 0 Å². The van der Waals surface area contributed by atoms with Crippen molar-refractivity contribution in [2.45, 2.75) is 13.0 Å². The topological polar surface area (TPSA) is 49.8 Å². The highest BCUT2D eigenvalue weighted by Crippen LogP contribution is 2.37. The molecule has 25 heavy (non-hydrogen) atoms. The summed E-state index contributed by atoms with van der Waals surface area (Å²) in [6.07, 6.45) is 3.06. The predicted octanol–water partition coefficient (Wildman–Crippen LogP) is 4.08. The van der Waals surface area contributed by atoms with E-state index in [1.165, 1.54) is 0 Å². The van der Waals surface area contributed by atoms with Gasteiger partial charge < -0.3 is 14.7 Å². The fraction of sp³-hybridized carbons (Fsp3) is 0.250. The van der Waals surface area contributed by atoms with E-state index in [0.29, 0.717) is 6.61 Å². The maximum absolute atomic E-state index is 11.4. The molecule has 0 radical (unpaired) electrons. The maximum atomic E-state index is 11.4. The van der Waals surface area contributed by atoms with Crippen LogP contribution >= 0.6 is 12.4 Å². The Morgan fingerprint density at radius 1 is 1.20 bits per heavy atom. The number of rotatable bonds is 4. The monoisotopic (exact) mass is 359 g/mol. The molecule has 3 rings (SSSR count). The Hall–Kier alpha value is -2.30. The van der Waals surface area contributed by atoms with Gasteiger partial charge >= 0.3 is 5.97 Å². The molecule has 0 aromatic heterocycles. The summed E-state index contributed by atoms with van der Waals surface area (Å²) in [5.74, 6) is -0.199. The summed E-state index contributed by atoms with van der Waals surface area (Å²) in [5, 5.41) is 9.32. The molecule has 0 amide bonds. The van der Waals surface area contributed by atoms with Crippen LogP contribution in [-0.4, -0.2) is 36.6 Å². The van der Waals surface area contributed by atoms with Crippen molar-refractivity contribution in [3.8, 4) is 5.75 Å². The molecule has 1 aliphatic heterocycles. The summed E-state index contributed by atoms with van der Waals surface area (Å²) in [6, 6.07) is 13.2. The minimum Gasteiger partial charge on any atom is -0.488 e. The standard InChI is InChI=1S/C20H21NO3.ClH/c1-21(2)11-5-8-17-16-7-4-3-6-15(16)13-24-19-10-9-14(20(22)23)12-18(17)19;/h3-4,6-10,12H,5,11,13H2,1-2H3,(H,22,23);1H. The molecule has 0 atom stereocenters. The number of halogens is 1. The van der Waals surface area contributed by atoms with Crippen molar-refractivity contribution in [1.29, 1.82) is 0 Å². The molecule has 0 unspecified atom stereocenters. The van der Waals surface area contributed by atoms with Crippen molar-refractivity contribution in [1.82, 2.24) is 4.90 Å². The number of fused-ring (bicyclic) bond motifs is 2. The number of carboxylic acids is 1. The van der Waals surface area contributed by atoms with Crippen LogP contribution in [0.1, 0.15) is 33.5 Å². The third kappa shape index (κ3) is 4.21. The van der Waals surface area contributed by atoms with Gasteiger partial charge in [-0.2, -0.15) is 0 Å². The molecule has 1 N–H and O–H groups in total. The van der Waals surface area contributed by atoms with Gasteiger partial charge in [-0.3, -0.25) is 0 Å². The largest absolute Gasteiger partial charge is 0.488 e. The molecule has 0 spiro atoms. The minimum absolute atomic E-state index is 0. The van der Waals surface area contributed by atoms with Crippen molar-refractivity contribution < 1.29 is 14.6 Å². The highest BCUT2D eigenvalue weighted by molar-refractivity contribution is 5.92. The zero-order valence-corrected chi connectivity index (χ0v) is 15.2. The molecule has 4 nitrogen and oxygen atoms in total. The molecule has 0 saturated heterocycles. The Kier molecular flexibility index (Phi) is 6.23. The fourth-order valence-electron chi connectivity index (χ4n) is 2.90. The van der Waals surface area contributed by atoms with Crippen LogP contribution in [-0.2, 0) is 6.61 Å². The van der Waals surface area contributed by atoms with E-state index in [-0.39, 0.29) is 18.0 Å². The van der Waals surface area contributed by atoms with Crippen molar-refractivity contribution in [2.75, 3.05) is 20.6 Å². The number of hydrogen-bond donors (Lipinski definition) is 1. The Bertz CT molecular complexity index is 799. The van der Waals surface area contributed by atoms with E-state index in [0.717, 1.165) is 41.0 Å². The maximum Gasteiger partial charge on any atom is 0.335 e. The lowest BCUT2D eigenvalue weighted by atomic mass is 9.92.